The maximum atomic E-state index is 9.32. The summed E-state index contributed by atoms with van der Waals surface area (Å²) >= 11 is 0. The van der Waals surface area contributed by atoms with Crippen LogP contribution in [0.5, 0.6) is 0 Å². The molecule has 0 fully saturated rings. The van der Waals surface area contributed by atoms with Gasteiger partial charge in [-0.15, -0.1) is 0 Å². The fraction of sp³-hybridized carbons (Fsp3) is 1.00. The second-order valence-electron chi connectivity index (χ2n) is 8.16. The van der Waals surface area contributed by atoms with E-state index in [9.17, 15) is 9.79 Å². The normalized spacial score (nSPS) is 18.1. The summed E-state index contributed by atoms with van der Waals surface area (Å²) < 4.78 is 5.53. The molecule has 0 radical (unpaired) electrons. The lowest BCUT2D eigenvalue weighted by Gasteiger charge is -2.40. The molecule has 0 aliphatic heterocycles. The van der Waals surface area contributed by atoms with Gasteiger partial charge in [-0.3, -0.25) is 0 Å². The van der Waals surface area contributed by atoms with E-state index >= 15 is 0 Å². The highest BCUT2D eigenvalue weighted by Gasteiger charge is 2.36. The Hall–Kier alpha value is 0.310. The monoisotopic (exact) mass is 306 g/mol. The zero-order valence-corrected chi connectivity index (χ0v) is 15.5. The van der Waals surface area contributed by atoms with Crippen LogP contribution < -0.4 is 0 Å². The molecule has 0 aromatic heterocycles. The highest BCUT2D eigenvalue weighted by atomic mass is 31.2. The third-order valence-corrected chi connectivity index (χ3v) is 4.91. The molecular formula is C16H35O3P. The summed E-state index contributed by atoms with van der Waals surface area (Å²) in [5.41, 5.74) is 0.299. The molecule has 0 saturated carbocycles. The van der Waals surface area contributed by atoms with Gasteiger partial charge in [-0.1, -0.05) is 61.8 Å². The summed E-state index contributed by atoms with van der Waals surface area (Å²) in [7, 11) is -2.30. The molecule has 20 heavy (non-hydrogen) atoms. The molecular weight excluding hydrogens is 271 g/mol. The van der Waals surface area contributed by atoms with Crippen molar-refractivity contribution in [1.82, 2.24) is 0 Å². The van der Waals surface area contributed by atoms with Crippen molar-refractivity contribution in [3.63, 3.8) is 0 Å². The van der Waals surface area contributed by atoms with Gasteiger partial charge in [-0.25, -0.2) is 0 Å². The Labute approximate surface area is 127 Å². The number of rotatable bonds is 7. The Morgan fingerprint density at radius 3 is 1.80 bits per heavy atom. The lowest BCUT2D eigenvalue weighted by atomic mass is 9.70. The quantitative estimate of drug-likeness (QED) is 0.642. The predicted octanol–water partition coefficient (Wildman–Crippen LogP) is 5.12. The molecule has 0 aromatic rings. The van der Waals surface area contributed by atoms with Gasteiger partial charge in [-0.05, 0) is 35.5 Å². The van der Waals surface area contributed by atoms with Gasteiger partial charge in [0, 0.05) is 0 Å². The fourth-order valence-electron chi connectivity index (χ4n) is 2.59. The van der Waals surface area contributed by atoms with E-state index in [1.54, 1.807) is 0 Å². The average Bonchev–Trinajstić information content (AvgIpc) is 2.21. The van der Waals surface area contributed by atoms with E-state index in [1.165, 1.54) is 0 Å². The molecule has 3 atom stereocenters. The fourth-order valence-corrected chi connectivity index (χ4v) is 3.07. The van der Waals surface area contributed by atoms with E-state index in [0.717, 1.165) is 19.3 Å². The van der Waals surface area contributed by atoms with Gasteiger partial charge in [-0.2, -0.15) is 0 Å². The molecule has 122 valence electrons. The smallest absolute Gasteiger partial charge is 0.327 e. The van der Waals surface area contributed by atoms with Crippen LogP contribution in [0.4, 0.5) is 0 Å². The first-order valence-corrected chi connectivity index (χ1v) is 8.90. The third-order valence-electron chi connectivity index (χ3n) is 4.45. The van der Waals surface area contributed by atoms with Gasteiger partial charge in [0.25, 0.3) is 0 Å². The zero-order valence-electron chi connectivity index (χ0n) is 14.6. The molecule has 3 unspecified atom stereocenters. The van der Waals surface area contributed by atoms with Gasteiger partial charge in [0.15, 0.2) is 0 Å². The van der Waals surface area contributed by atoms with Crippen LogP contribution >= 0.6 is 8.60 Å². The highest BCUT2D eigenvalue weighted by molar-refractivity contribution is 7.39. The summed E-state index contributed by atoms with van der Waals surface area (Å²) in [6.45, 7) is 17.7. The second kappa shape index (κ2) is 8.08. The SMILES string of the molecule is CCCC(C(CC(C)C(C)(C)C)OP(O)O)C(C)(C)C. The first-order chi connectivity index (χ1) is 8.89. The van der Waals surface area contributed by atoms with Crippen LogP contribution in [-0.2, 0) is 4.52 Å². The van der Waals surface area contributed by atoms with Crippen molar-refractivity contribution in [2.75, 3.05) is 0 Å². The number of hydrogen-bond acceptors (Lipinski definition) is 3. The molecule has 0 spiro atoms. The van der Waals surface area contributed by atoms with Gasteiger partial charge < -0.3 is 14.3 Å². The Kier molecular flexibility index (Phi) is 8.20. The van der Waals surface area contributed by atoms with Crippen LogP contribution in [0.1, 0.15) is 74.7 Å². The van der Waals surface area contributed by atoms with Gasteiger partial charge in [0.2, 0.25) is 0 Å². The summed E-state index contributed by atoms with van der Waals surface area (Å²) in [5.74, 6) is 0.797. The molecule has 0 aliphatic rings. The van der Waals surface area contributed by atoms with Gasteiger partial charge in [0.05, 0.1) is 6.10 Å². The molecule has 0 saturated heterocycles. The Morgan fingerprint density at radius 1 is 1.00 bits per heavy atom. The molecule has 0 bridgehead atoms. The van der Waals surface area contributed by atoms with E-state index in [0.29, 0.717) is 11.8 Å². The molecule has 0 heterocycles. The van der Waals surface area contributed by atoms with E-state index < -0.39 is 8.60 Å². The van der Waals surface area contributed by atoms with Crippen molar-refractivity contribution in [3.8, 4) is 0 Å². The van der Waals surface area contributed by atoms with E-state index in [2.05, 4.69) is 55.4 Å². The molecule has 4 heteroatoms. The van der Waals surface area contributed by atoms with Crippen LogP contribution in [0.2, 0.25) is 0 Å². The van der Waals surface area contributed by atoms with Crippen LogP contribution in [0, 0.1) is 22.7 Å². The molecule has 0 amide bonds. The van der Waals surface area contributed by atoms with Crippen molar-refractivity contribution < 1.29 is 14.3 Å². The zero-order chi connectivity index (χ0) is 16.1. The van der Waals surface area contributed by atoms with Crippen molar-refractivity contribution in [1.29, 1.82) is 0 Å². The van der Waals surface area contributed by atoms with E-state index in [1.807, 2.05) is 0 Å². The first kappa shape index (κ1) is 20.3. The van der Waals surface area contributed by atoms with Crippen LogP contribution in [-0.4, -0.2) is 15.9 Å². The highest BCUT2D eigenvalue weighted by Crippen LogP contribution is 2.43. The largest absolute Gasteiger partial charge is 0.328 e. The summed E-state index contributed by atoms with van der Waals surface area (Å²) in [4.78, 5) is 18.6. The maximum absolute atomic E-state index is 9.32. The minimum atomic E-state index is -2.30. The maximum Gasteiger partial charge on any atom is 0.327 e. The van der Waals surface area contributed by atoms with Gasteiger partial charge >= 0.3 is 8.60 Å². The standard InChI is InChI=1S/C16H35O3P/c1-9-10-13(16(6,7)8)14(19-20(17)18)11-12(2)15(3,4)5/h12-14,17-18H,9-11H2,1-8H3. The van der Waals surface area contributed by atoms with Crippen LogP contribution in [0.15, 0.2) is 0 Å². The summed E-state index contributed by atoms with van der Waals surface area (Å²) in [6.07, 6.45) is 2.91. The van der Waals surface area contributed by atoms with E-state index in [-0.39, 0.29) is 16.9 Å². The summed E-state index contributed by atoms with van der Waals surface area (Å²) in [5, 5.41) is 0. The average molecular weight is 306 g/mol. The third kappa shape index (κ3) is 7.36. The van der Waals surface area contributed by atoms with Crippen LogP contribution in [0.3, 0.4) is 0 Å². The Morgan fingerprint density at radius 2 is 1.50 bits per heavy atom. The topological polar surface area (TPSA) is 49.7 Å². The molecule has 0 aliphatic carbocycles. The van der Waals surface area contributed by atoms with Crippen molar-refractivity contribution in [3.05, 3.63) is 0 Å². The van der Waals surface area contributed by atoms with Crippen molar-refractivity contribution in [2.45, 2.75) is 80.8 Å². The summed E-state index contributed by atoms with van der Waals surface area (Å²) in [6, 6.07) is 0. The predicted molar refractivity (Wildman–Crippen MR) is 87.3 cm³/mol. The molecule has 3 nitrogen and oxygen atoms in total. The first-order valence-electron chi connectivity index (χ1n) is 7.74. The van der Waals surface area contributed by atoms with Crippen LogP contribution in [0.25, 0.3) is 0 Å². The van der Waals surface area contributed by atoms with E-state index in [4.69, 9.17) is 4.52 Å². The van der Waals surface area contributed by atoms with Crippen molar-refractivity contribution >= 4 is 8.60 Å². The minimum absolute atomic E-state index is 0.0923. The Balaban J connectivity index is 5.10. The molecule has 0 rings (SSSR count). The van der Waals surface area contributed by atoms with Crippen molar-refractivity contribution in [2.24, 2.45) is 22.7 Å². The lowest BCUT2D eigenvalue weighted by molar-refractivity contribution is 0.0187. The lowest BCUT2D eigenvalue weighted by Crippen LogP contribution is -2.36. The minimum Gasteiger partial charge on any atom is -0.328 e. The second-order valence-corrected chi connectivity index (χ2v) is 8.88. The molecule has 2 N–H and O–H groups in total. The van der Waals surface area contributed by atoms with Gasteiger partial charge in [0.1, 0.15) is 0 Å². The Bertz CT molecular complexity index is 266. The number of hydrogen-bond donors (Lipinski definition) is 2. The molecule has 0 aromatic carbocycles.